The van der Waals surface area contributed by atoms with Gasteiger partial charge in [0.25, 0.3) is 12.3 Å². The minimum absolute atomic E-state index is 0.0362. The molecule has 2 aromatic heterocycles. The summed E-state index contributed by atoms with van der Waals surface area (Å²) in [6.07, 6.45) is -2.64. The first-order valence-electron chi connectivity index (χ1n) is 16.3. The molecule has 21 heteroatoms. The zero-order valence-electron chi connectivity index (χ0n) is 28.4. The fraction of sp³-hybridized carbons (Fsp3) is 0.455. The Kier molecular flexibility index (Phi) is 10.0. The number of nitrogens with two attached hydrogens (primary N) is 1. The SMILES string of the molecule is CC(C)(F)C[C@]1(C2C=CC(c3cnn(C(F)F)c3)=CC2)N=C(N)N([C@H](COC(=O)NC2(C(F)(F)F)CC2)c2ccc(Cl)c(-n3ncnc3C(F)F)c2)C1=O. The first kappa shape index (κ1) is 38.7. The fourth-order valence-electron chi connectivity index (χ4n) is 6.63. The highest BCUT2D eigenvalue weighted by Gasteiger charge is 2.65. The number of nitrogens with zero attached hydrogens (tertiary/aromatic N) is 7. The number of ether oxygens (including phenoxy) is 1. The monoisotopic (exact) mass is 789 g/mol. The predicted octanol–water partition coefficient (Wildman–Crippen LogP) is 7.01. The van der Waals surface area contributed by atoms with Gasteiger partial charge in [-0.3, -0.25) is 9.69 Å². The van der Waals surface area contributed by atoms with Crippen LogP contribution < -0.4 is 11.1 Å². The first-order valence-corrected chi connectivity index (χ1v) is 16.7. The number of alkyl carbamates (subject to hydrolysis) is 1. The lowest BCUT2D eigenvalue weighted by molar-refractivity contribution is -0.164. The molecule has 3 atom stereocenters. The molecular formula is C33H32ClF8N9O3. The van der Waals surface area contributed by atoms with Gasteiger partial charge in [0, 0.05) is 24.1 Å². The predicted molar refractivity (Wildman–Crippen MR) is 176 cm³/mol. The van der Waals surface area contributed by atoms with Crippen molar-refractivity contribution >= 4 is 35.1 Å². The number of hydrogen-bond acceptors (Lipinski definition) is 8. The molecule has 0 saturated heterocycles. The zero-order valence-corrected chi connectivity index (χ0v) is 29.1. The van der Waals surface area contributed by atoms with Gasteiger partial charge in [-0.15, -0.1) is 0 Å². The zero-order chi connectivity index (χ0) is 39.4. The number of rotatable bonds is 12. The Labute approximate surface area is 306 Å². The maximum Gasteiger partial charge on any atom is 0.411 e. The average molecular weight is 790 g/mol. The van der Waals surface area contributed by atoms with Crippen LogP contribution in [-0.2, 0) is 9.53 Å². The summed E-state index contributed by atoms with van der Waals surface area (Å²) in [6.45, 7) is -1.29. The van der Waals surface area contributed by atoms with Crippen LogP contribution in [0.15, 0.2) is 60.1 Å². The summed E-state index contributed by atoms with van der Waals surface area (Å²) >= 11 is 6.37. The van der Waals surface area contributed by atoms with E-state index in [2.05, 4.69) is 20.2 Å². The van der Waals surface area contributed by atoms with Crippen LogP contribution in [0.2, 0.25) is 5.02 Å². The van der Waals surface area contributed by atoms with E-state index in [1.807, 2.05) is 5.32 Å². The topological polar surface area (TPSA) is 146 Å². The molecule has 0 spiro atoms. The van der Waals surface area contributed by atoms with Crippen LogP contribution in [-0.4, -0.2) is 76.9 Å². The van der Waals surface area contributed by atoms with Crippen LogP contribution in [0.4, 0.5) is 39.9 Å². The number of alkyl halides is 8. The van der Waals surface area contributed by atoms with Gasteiger partial charge in [-0.1, -0.05) is 35.9 Å². The van der Waals surface area contributed by atoms with Crippen molar-refractivity contribution in [3.8, 4) is 5.69 Å². The lowest BCUT2D eigenvalue weighted by Gasteiger charge is -2.37. The van der Waals surface area contributed by atoms with Crippen LogP contribution in [0.25, 0.3) is 11.3 Å². The smallest absolute Gasteiger partial charge is 0.411 e. The third-order valence-electron chi connectivity index (χ3n) is 9.36. The van der Waals surface area contributed by atoms with E-state index < -0.39 is 84.7 Å². The van der Waals surface area contributed by atoms with Gasteiger partial charge in [0.1, 0.15) is 24.1 Å². The van der Waals surface area contributed by atoms with Gasteiger partial charge in [0.15, 0.2) is 17.3 Å². The standard InChI is InChI=1S/C33H32ClF8N9O3/c1-30(2,39)15-32(20-6-3-17(4-7-20)19-12-45-49(13-19)27(37)38)26(52)50(28(43)47-32)23(14-54-29(53)48-31(9-10-31)33(40,41)42)18-5-8-21(34)22(11-18)51-25(24(35)36)44-16-46-51/h3-6,8,11-13,16,20,23-24,27H,7,9-10,14-15H2,1-2H3,(H2,43,47)(H,48,53)/t20?,23-,32-/m1/s1. The van der Waals surface area contributed by atoms with Gasteiger partial charge >= 0.3 is 18.8 Å². The maximum atomic E-state index is 15.6. The summed E-state index contributed by atoms with van der Waals surface area (Å²) in [7, 11) is 0. The molecule has 1 fully saturated rings. The molecule has 54 heavy (non-hydrogen) atoms. The molecule has 1 aromatic carbocycles. The summed E-state index contributed by atoms with van der Waals surface area (Å²) in [6, 6.07) is 2.34. The number of carbonyl (C=O) groups is 2. The molecule has 3 N–H and O–H groups in total. The number of nitrogens with one attached hydrogen (secondary N) is 1. The highest BCUT2D eigenvalue weighted by molar-refractivity contribution is 6.32. The Morgan fingerprint density at radius 2 is 1.87 bits per heavy atom. The van der Waals surface area contributed by atoms with Gasteiger partial charge in [0.2, 0.25) is 0 Å². The van der Waals surface area contributed by atoms with E-state index in [9.17, 15) is 40.3 Å². The second-order valence-corrected chi connectivity index (χ2v) is 14.1. The second kappa shape index (κ2) is 14.0. The van der Waals surface area contributed by atoms with Crippen molar-refractivity contribution in [3.63, 3.8) is 0 Å². The minimum atomic E-state index is -4.78. The van der Waals surface area contributed by atoms with Gasteiger partial charge in [0.05, 0.1) is 22.9 Å². The molecule has 3 heterocycles. The third-order valence-corrected chi connectivity index (χ3v) is 9.68. The highest BCUT2D eigenvalue weighted by Crippen LogP contribution is 2.49. The van der Waals surface area contributed by atoms with Gasteiger partial charge in [-0.25, -0.2) is 37.3 Å². The molecule has 1 unspecified atom stereocenters. The number of aromatic nitrogens is 5. The van der Waals surface area contributed by atoms with Crippen molar-refractivity contribution in [1.29, 1.82) is 0 Å². The molecule has 6 rings (SSSR count). The summed E-state index contributed by atoms with van der Waals surface area (Å²) in [5.74, 6) is -3.01. The third kappa shape index (κ3) is 7.39. The highest BCUT2D eigenvalue weighted by atomic mass is 35.5. The average Bonchev–Trinajstić information content (AvgIpc) is 3.40. The Morgan fingerprint density at radius 1 is 1.15 bits per heavy atom. The molecular weight excluding hydrogens is 758 g/mol. The fourth-order valence-corrected chi connectivity index (χ4v) is 6.82. The number of aliphatic imine (C=N–C) groups is 1. The van der Waals surface area contributed by atoms with Crippen molar-refractivity contribution in [3.05, 3.63) is 77.1 Å². The number of benzene rings is 1. The first-order chi connectivity index (χ1) is 25.2. The van der Waals surface area contributed by atoms with Crippen LogP contribution in [0.5, 0.6) is 0 Å². The Hall–Kier alpha value is -5.01. The summed E-state index contributed by atoms with van der Waals surface area (Å²) in [5, 5.41) is 9.17. The van der Waals surface area contributed by atoms with E-state index in [-0.39, 0.29) is 35.5 Å². The van der Waals surface area contributed by atoms with E-state index in [0.29, 0.717) is 15.8 Å². The number of carbonyl (C=O) groups excluding carboxylic acids is 2. The molecule has 1 saturated carbocycles. The normalized spacial score (nSPS) is 21.8. The van der Waals surface area contributed by atoms with Gasteiger partial charge < -0.3 is 15.8 Å². The molecule has 2 aliphatic carbocycles. The van der Waals surface area contributed by atoms with Crippen molar-refractivity contribution in [1.82, 2.24) is 34.8 Å². The molecule has 1 aliphatic heterocycles. The van der Waals surface area contributed by atoms with Crippen LogP contribution >= 0.6 is 11.6 Å². The van der Waals surface area contributed by atoms with Crippen molar-refractivity contribution < 1.29 is 49.4 Å². The number of halogens is 9. The van der Waals surface area contributed by atoms with E-state index in [1.54, 1.807) is 18.2 Å². The number of allylic oxidation sites excluding steroid dienone is 3. The van der Waals surface area contributed by atoms with Crippen molar-refractivity contribution in [2.24, 2.45) is 16.6 Å². The minimum Gasteiger partial charge on any atom is -0.447 e. The number of guanidine groups is 1. The van der Waals surface area contributed by atoms with Crippen LogP contribution in [0.1, 0.15) is 75.5 Å². The summed E-state index contributed by atoms with van der Waals surface area (Å²) in [5.41, 5.74) is 0.670. The van der Waals surface area contributed by atoms with Crippen molar-refractivity contribution in [2.75, 3.05) is 6.61 Å². The van der Waals surface area contributed by atoms with Gasteiger partial charge in [-0.05, 0) is 56.4 Å². The Bertz CT molecular complexity index is 2020. The van der Waals surface area contributed by atoms with E-state index in [0.717, 1.165) is 22.1 Å². The van der Waals surface area contributed by atoms with E-state index in [1.165, 1.54) is 38.2 Å². The Balaban J connectivity index is 1.37. The largest absolute Gasteiger partial charge is 0.447 e. The lowest BCUT2D eigenvalue weighted by Crippen LogP contribution is -2.52. The molecule has 3 aromatic rings. The van der Waals surface area contributed by atoms with Crippen molar-refractivity contribution in [2.45, 2.75) is 81.5 Å². The number of hydrogen-bond donors (Lipinski definition) is 2. The summed E-state index contributed by atoms with van der Waals surface area (Å²) < 4.78 is 117. The molecule has 0 radical (unpaired) electrons. The van der Waals surface area contributed by atoms with E-state index in [4.69, 9.17) is 22.1 Å². The Morgan fingerprint density at radius 3 is 2.44 bits per heavy atom. The molecule has 2 amide bonds. The second-order valence-electron chi connectivity index (χ2n) is 13.7. The molecule has 12 nitrogen and oxygen atoms in total. The number of amides is 2. The van der Waals surface area contributed by atoms with E-state index >= 15 is 4.39 Å². The van der Waals surface area contributed by atoms with Gasteiger partial charge in [-0.2, -0.15) is 32.1 Å². The molecule has 290 valence electrons. The quantitative estimate of drug-likeness (QED) is 0.188. The van der Waals surface area contributed by atoms with Crippen LogP contribution in [0, 0.1) is 5.92 Å². The maximum absolute atomic E-state index is 15.6. The lowest BCUT2D eigenvalue weighted by atomic mass is 9.73. The van der Waals surface area contributed by atoms with Crippen LogP contribution in [0.3, 0.4) is 0 Å². The molecule has 3 aliphatic rings. The summed E-state index contributed by atoms with van der Waals surface area (Å²) in [4.78, 5) is 36.5. The molecule has 0 bridgehead atoms.